The van der Waals surface area contributed by atoms with Crippen LogP contribution >= 0.6 is 11.3 Å². The van der Waals surface area contributed by atoms with Gasteiger partial charge in [-0.2, -0.15) is 0 Å². The maximum absolute atomic E-state index is 12.8. The van der Waals surface area contributed by atoms with Crippen LogP contribution in [0.3, 0.4) is 0 Å². The fourth-order valence-electron chi connectivity index (χ4n) is 3.00. The normalized spacial score (nSPS) is 15.5. The summed E-state index contributed by atoms with van der Waals surface area (Å²) in [6, 6.07) is 10.0. The minimum Gasteiger partial charge on any atom is -0.494 e. The van der Waals surface area contributed by atoms with Crippen LogP contribution < -0.4 is 4.74 Å². The Bertz CT molecular complexity index is 675. The van der Waals surface area contributed by atoms with E-state index in [-0.39, 0.29) is 11.7 Å². The Morgan fingerprint density at radius 3 is 2.54 bits per heavy atom. The molecule has 5 heteroatoms. The molecule has 0 bridgehead atoms. The number of hydrogen-bond acceptors (Lipinski definition) is 3. The lowest BCUT2D eigenvalue weighted by Crippen LogP contribution is -2.38. The van der Waals surface area contributed by atoms with E-state index in [9.17, 15) is 9.18 Å². The Morgan fingerprint density at radius 1 is 1.21 bits per heavy atom. The number of carbonyl (C=O) groups excluding carboxylic acids is 1. The van der Waals surface area contributed by atoms with Crippen LogP contribution in [0.25, 0.3) is 0 Å². The second-order valence-corrected chi connectivity index (χ2v) is 7.52. The van der Waals surface area contributed by atoms with Crippen LogP contribution in [0.2, 0.25) is 0 Å². The van der Waals surface area contributed by atoms with E-state index in [1.54, 1.807) is 23.5 Å². The topological polar surface area (TPSA) is 29.5 Å². The van der Waals surface area contributed by atoms with Gasteiger partial charge in [-0.05, 0) is 68.5 Å². The summed E-state index contributed by atoms with van der Waals surface area (Å²) in [7, 11) is 0. The molecule has 2 heterocycles. The van der Waals surface area contributed by atoms with Gasteiger partial charge in [0.1, 0.15) is 11.6 Å². The Hall–Kier alpha value is -1.88. The first-order chi connectivity index (χ1) is 11.6. The third-order valence-corrected chi connectivity index (χ3v) is 5.45. The molecule has 1 amide bonds. The van der Waals surface area contributed by atoms with E-state index < -0.39 is 0 Å². The van der Waals surface area contributed by atoms with Crippen molar-refractivity contribution in [2.75, 3.05) is 19.7 Å². The van der Waals surface area contributed by atoms with Crippen molar-refractivity contribution in [3.63, 3.8) is 0 Å². The lowest BCUT2D eigenvalue weighted by molar-refractivity contribution is 0.0685. The zero-order valence-corrected chi connectivity index (χ0v) is 14.7. The molecule has 1 aromatic heterocycles. The van der Waals surface area contributed by atoms with Gasteiger partial charge in [-0.25, -0.2) is 4.39 Å². The van der Waals surface area contributed by atoms with Crippen molar-refractivity contribution in [1.29, 1.82) is 0 Å². The molecule has 0 unspecified atom stereocenters. The molecule has 1 aliphatic rings. The van der Waals surface area contributed by atoms with E-state index in [0.29, 0.717) is 18.3 Å². The first-order valence-electron chi connectivity index (χ1n) is 8.36. The van der Waals surface area contributed by atoms with Crippen LogP contribution in [0.4, 0.5) is 4.39 Å². The summed E-state index contributed by atoms with van der Waals surface area (Å²) in [6.45, 7) is 4.29. The highest BCUT2D eigenvalue weighted by atomic mass is 32.1. The Morgan fingerprint density at radius 2 is 1.92 bits per heavy atom. The van der Waals surface area contributed by atoms with Crippen LogP contribution in [0.5, 0.6) is 5.75 Å². The molecular weight excluding hydrogens is 325 g/mol. The summed E-state index contributed by atoms with van der Waals surface area (Å²) in [5.41, 5.74) is 0. The second-order valence-electron chi connectivity index (χ2n) is 6.24. The highest BCUT2D eigenvalue weighted by molar-refractivity contribution is 7.13. The Kier molecular flexibility index (Phi) is 5.51. The summed E-state index contributed by atoms with van der Waals surface area (Å²) in [5.74, 6) is 1.20. The maximum atomic E-state index is 12.8. The predicted molar refractivity (Wildman–Crippen MR) is 94.2 cm³/mol. The molecule has 2 aromatic rings. The fraction of sp³-hybridized carbons (Fsp3) is 0.421. The van der Waals surface area contributed by atoms with E-state index in [1.165, 1.54) is 17.0 Å². The number of likely N-dealkylation sites (tertiary alicyclic amines) is 1. The average Bonchev–Trinajstić information content (AvgIpc) is 3.03. The molecule has 0 N–H and O–H groups in total. The van der Waals surface area contributed by atoms with E-state index in [4.69, 9.17) is 4.74 Å². The molecule has 1 fully saturated rings. The summed E-state index contributed by atoms with van der Waals surface area (Å²) in [5, 5.41) is 0. The second kappa shape index (κ2) is 7.79. The number of hydrogen-bond donors (Lipinski definition) is 0. The number of thiophene rings is 1. The van der Waals surface area contributed by atoms with Crippen molar-refractivity contribution >= 4 is 17.2 Å². The number of piperidine rings is 1. The van der Waals surface area contributed by atoms with Crippen molar-refractivity contribution < 1.29 is 13.9 Å². The Labute approximate surface area is 146 Å². The third-order valence-electron chi connectivity index (χ3n) is 4.46. The van der Waals surface area contributed by atoms with Gasteiger partial charge in [-0.1, -0.05) is 0 Å². The summed E-state index contributed by atoms with van der Waals surface area (Å²) in [6.07, 6.45) is 3.00. The molecule has 0 atom stereocenters. The Balaban J connectivity index is 1.40. The van der Waals surface area contributed by atoms with Gasteiger partial charge in [-0.15, -0.1) is 11.3 Å². The molecule has 128 valence electrons. The molecule has 0 spiro atoms. The van der Waals surface area contributed by atoms with Gasteiger partial charge in [0.25, 0.3) is 5.91 Å². The van der Waals surface area contributed by atoms with Crippen LogP contribution in [-0.4, -0.2) is 30.5 Å². The van der Waals surface area contributed by atoms with Gasteiger partial charge in [0.15, 0.2) is 0 Å². The number of halogens is 1. The predicted octanol–water partition coefficient (Wildman–Crippen LogP) is 4.52. The third kappa shape index (κ3) is 4.35. The number of rotatable bonds is 5. The first kappa shape index (κ1) is 17.0. The van der Waals surface area contributed by atoms with Crippen molar-refractivity contribution in [1.82, 2.24) is 4.90 Å². The SMILES string of the molecule is Cc1ccc(C(=O)N2CCC(CCOc3ccc(F)cc3)CC2)s1. The van der Waals surface area contributed by atoms with E-state index in [1.807, 2.05) is 24.0 Å². The molecule has 3 nitrogen and oxygen atoms in total. The molecule has 1 saturated heterocycles. The molecular formula is C19H22FNO2S. The van der Waals surface area contributed by atoms with Gasteiger partial charge in [0.05, 0.1) is 11.5 Å². The highest BCUT2D eigenvalue weighted by Crippen LogP contribution is 2.24. The van der Waals surface area contributed by atoms with Crippen molar-refractivity contribution in [2.45, 2.75) is 26.2 Å². The minimum absolute atomic E-state index is 0.161. The summed E-state index contributed by atoms with van der Waals surface area (Å²) < 4.78 is 18.5. The van der Waals surface area contributed by atoms with Crippen LogP contribution in [0, 0.1) is 18.7 Å². The summed E-state index contributed by atoms with van der Waals surface area (Å²) >= 11 is 1.56. The fourth-order valence-corrected chi connectivity index (χ4v) is 3.84. The molecule has 24 heavy (non-hydrogen) atoms. The van der Waals surface area contributed by atoms with Crippen LogP contribution in [-0.2, 0) is 0 Å². The zero-order chi connectivity index (χ0) is 16.9. The van der Waals surface area contributed by atoms with Gasteiger partial charge in [0, 0.05) is 18.0 Å². The molecule has 0 aliphatic carbocycles. The maximum Gasteiger partial charge on any atom is 0.263 e. The monoisotopic (exact) mass is 347 g/mol. The quantitative estimate of drug-likeness (QED) is 0.796. The standard InChI is InChI=1S/C19H22FNO2S/c1-14-2-7-18(24-14)19(22)21-11-8-15(9-12-21)10-13-23-17-5-3-16(20)4-6-17/h2-7,15H,8-13H2,1H3. The summed E-state index contributed by atoms with van der Waals surface area (Å²) in [4.78, 5) is 16.4. The van der Waals surface area contributed by atoms with Gasteiger partial charge in [-0.3, -0.25) is 4.79 Å². The van der Waals surface area contributed by atoms with Crippen molar-refractivity contribution in [3.8, 4) is 5.75 Å². The van der Waals surface area contributed by atoms with Crippen molar-refractivity contribution in [2.24, 2.45) is 5.92 Å². The lowest BCUT2D eigenvalue weighted by Gasteiger charge is -2.31. The van der Waals surface area contributed by atoms with E-state index >= 15 is 0 Å². The van der Waals surface area contributed by atoms with E-state index in [2.05, 4.69) is 0 Å². The molecule has 1 aromatic carbocycles. The highest BCUT2D eigenvalue weighted by Gasteiger charge is 2.24. The number of amides is 1. The number of aryl methyl sites for hydroxylation is 1. The largest absolute Gasteiger partial charge is 0.494 e. The average molecular weight is 347 g/mol. The van der Waals surface area contributed by atoms with Crippen LogP contribution in [0.1, 0.15) is 33.8 Å². The molecule has 0 radical (unpaired) electrons. The van der Waals surface area contributed by atoms with Crippen molar-refractivity contribution in [3.05, 3.63) is 52.0 Å². The number of nitrogens with zero attached hydrogens (tertiary/aromatic N) is 1. The molecule has 3 rings (SSSR count). The van der Waals surface area contributed by atoms with Gasteiger partial charge >= 0.3 is 0 Å². The molecule has 1 aliphatic heterocycles. The number of benzene rings is 1. The van der Waals surface area contributed by atoms with Crippen LogP contribution in [0.15, 0.2) is 36.4 Å². The smallest absolute Gasteiger partial charge is 0.263 e. The van der Waals surface area contributed by atoms with E-state index in [0.717, 1.165) is 37.2 Å². The van der Waals surface area contributed by atoms with Gasteiger partial charge < -0.3 is 9.64 Å². The number of ether oxygens (including phenoxy) is 1. The zero-order valence-electron chi connectivity index (χ0n) is 13.8. The number of carbonyl (C=O) groups is 1. The lowest BCUT2D eigenvalue weighted by atomic mass is 9.94. The minimum atomic E-state index is -0.250. The molecule has 0 saturated carbocycles. The van der Waals surface area contributed by atoms with Gasteiger partial charge in [0.2, 0.25) is 0 Å². The first-order valence-corrected chi connectivity index (χ1v) is 9.17.